The van der Waals surface area contributed by atoms with Crippen LogP contribution in [-0.2, 0) is 14.0 Å². The van der Waals surface area contributed by atoms with Crippen LogP contribution in [0.15, 0.2) is 12.2 Å². The van der Waals surface area contributed by atoms with Crippen molar-refractivity contribution in [1.29, 1.82) is 0 Å². The molecule has 2 N–H and O–H groups in total. The summed E-state index contributed by atoms with van der Waals surface area (Å²) in [6.45, 7) is 5.56. The molecule has 0 rings (SSSR count). The lowest BCUT2D eigenvalue weighted by molar-refractivity contribution is -0.0332. The minimum atomic E-state index is -4.05. The van der Waals surface area contributed by atoms with Gasteiger partial charge in [-0.3, -0.25) is 4.57 Å². The second-order valence-corrected chi connectivity index (χ2v) is 4.01. The molecule has 0 bridgehead atoms. The SMILES string of the molecule is C=C(C)COCOCP(=O)(O)O. The van der Waals surface area contributed by atoms with Crippen molar-refractivity contribution in [2.75, 3.05) is 19.7 Å². The summed E-state index contributed by atoms with van der Waals surface area (Å²) >= 11 is 0. The summed E-state index contributed by atoms with van der Waals surface area (Å²) in [4.78, 5) is 16.7. The fourth-order valence-electron chi connectivity index (χ4n) is 0.431. The average Bonchev–Trinajstić information content (AvgIpc) is 1.83. The van der Waals surface area contributed by atoms with Crippen LogP contribution in [0.1, 0.15) is 6.92 Å². The molecule has 0 atom stereocenters. The van der Waals surface area contributed by atoms with Crippen LogP contribution in [-0.4, -0.2) is 29.5 Å². The number of rotatable bonds is 6. The molecule has 0 aliphatic carbocycles. The van der Waals surface area contributed by atoms with Gasteiger partial charge in [0.2, 0.25) is 0 Å². The van der Waals surface area contributed by atoms with E-state index in [1.54, 1.807) is 6.92 Å². The number of ether oxygens (including phenoxy) is 2. The Bertz CT molecular complexity index is 184. The minimum absolute atomic E-state index is 0.127. The van der Waals surface area contributed by atoms with E-state index in [4.69, 9.17) is 14.5 Å². The monoisotopic (exact) mass is 196 g/mol. The molecule has 0 fully saturated rings. The molecule has 0 unspecified atom stereocenters. The summed E-state index contributed by atoms with van der Waals surface area (Å²) in [5, 5.41) is 0. The summed E-state index contributed by atoms with van der Waals surface area (Å²) in [5.74, 6) is 0. The van der Waals surface area contributed by atoms with E-state index >= 15 is 0 Å². The fourth-order valence-corrected chi connectivity index (χ4v) is 0.743. The number of hydrogen-bond donors (Lipinski definition) is 2. The highest BCUT2D eigenvalue weighted by Gasteiger charge is 2.11. The van der Waals surface area contributed by atoms with Crippen molar-refractivity contribution in [2.45, 2.75) is 6.92 Å². The van der Waals surface area contributed by atoms with Gasteiger partial charge in [-0.2, -0.15) is 0 Å². The van der Waals surface area contributed by atoms with Crippen molar-refractivity contribution in [2.24, 2.45) is 0 Å². The van der Waals surface area contributed by atoms with E-state index in [-0.39, 0.29) is 6.79 Å². The zero-order valence-corrected chi connectivity index (χ0v) is 7.79. The van der Waals surface area contributed by atoms with E-state index in [0.29, 0.717) is 6.61 Å². The van der Waals surface area contributed by atoms with Gasteiger partial charge >= 0.3 is 7.60 Å². The first kappa shape index (κ1) is 11.8. The highest BCUT2D eigenvalue weighted by molar-refractivity contribution is 7.51. The maximum atomic E-state index is 10.2. The van der Waals surface area contributed by atoms with E-state index in [1.807, 2.05) is 0 Å². The van der Waals surface area contributed by atoms with Gasteiger partial charge in [0.15, 0.2) is 6.35 Å². The van der Waals surface area contributed by atoms with Crippen LogP contribution in [0.3, 0.4) is 0 Å². The van der Waals surface area contributed by atoms with Gasteiger partial charge in [-0.15, -0.1) is 0 Å². The van der Waals surface area contributed by atoms with E-state index in [0.717, 1.165) is 5.57 Å². The molecule has 0 aliphatic heterocycles. The van der Waals surface area contributed by atoms with Crippen molar-refractivity contribution in [3.8, 4) is 0 Å². The Morgan fingerprint density at radius 2 is 2.08 bits per heavy atom. The summed E-state index contributed by atoms with van der Waals surface area (Å²) in [6.07, 6.45) is -0.608. The van der Waals surface area contributed by atoms with Crippen LogP contribution in [0.2, 0.25) is 0 Å². The molecule has 0 aromatic rings. The third-order valence-electron chi connectivity index (χ3n) is 0.775. The van der Waals surface area contributed by atoms with Gasteiger partial charge in [-0.25, -0.2) is 0 Å². The Labute approximate surface area is 71.2 Å². The van der Waals surface area contributed by atoms with Gasteiger partial charge in [0.05, 0.1) is 6.61 Å². The molecule has 0 saturated carbocycles. The first-order valence-electron chi connectivity index (χ1n) is 3.26. The first-order valence-corrected chi connectivity index (χ1v) is 5.06. The van der Waals surface area contributed by atoms with Crippen LogP contribution >= 0.6 is 7.60 Å². The molecule has 0 aromatic carbocycles. The second-order valence-electron chi connectivity index (χ2n) is 2.42. The Morgan fingerprint density at radius 3 is 2.50 bits per heavy atom. The van der Waals surface area contributed by atoms with Gasteiger partial charge in [0.25, 0.3) is 0 Å². The van der Waals surface area contributed by atoms with Crippen molar-refractivity contribution in [1.82, 2.24) is 0 Å². The van der Waals surface area contributed by atoms with Gasteiger partial charge in [0, 0.05) is 0 Å². The Morgan fingerprint density at radius 1 is 1.50 bits per heavy atom. The molecule has 0 spiro atoms. The van der Waals surface area contributed by atoms with Crippen molar-refractivity contribution < 1.29 is 23.8 Å². The zero-order chi connectivity index (χ0) is 9.61. The third-order valence-corrected chi connectivity index (χ3v) is 1.29. The molecule has 12 heavy (non-hydrogen) atoms. The largest absolute Gasteiger partial charge is 0.351 e. The highest BCUT2D eigenvalue weighted by atomic mass is 31.2. The van der Waals surface area contributed by atoms with Gasteiger partial charge in [-0.1, -0.05) is 12.2 Å². The molecular formula is C6H13O5P. The van der Waals surface area contributed by atoms with E-state index in [1.165, 1.54) is 0 Å². The lowest BCUT2D eigenvalue weighted by Gasteiger charge is -2.06. The van der Waals surface area contributed by atoms with E-state index in [9.17, 15) is 4.57 Å². The zero-order valence-electron chi connectivity index (χ0n) is 6.89. The summed E-state index contributed by atoms with van der Waals surface area (Å²) in [5.41, 5.74) is 0.828. The summed E-state index contributed by atoms with van der Waals surface area (Å²) in [7, 11) is -4.05. The minimum Gasteiger partial charge on any atom is -0.351 e. The second kappa shape index (κ2) is 5.45. The molecule has 6 heteroatoms. The first-order chi connectivity index (χ1) is 5.42. The van der Waals surface area contributed by atoms with Crippen molar-refractivity contribution in [3.05, 3.63) is 12.2 Å². The predicted octanol–water partition coefficient (Wildman–Crippen LogP) is 0.688. The van der Waals surface area contributed by atoms with Crippen LogP contribution in [0.5, 0.6) is 0 Å². The molecule has 0 radical (unpaired) electrons. The highest BCUT2D eigenvalue weighted by Crippen LogP contribution is 2.33. The number of hydrogen-bond acceptors (Lipinski definition) is 3. The maximum absolute atomic E-state index is 10.2. The van der Waals surface area contributed by atoms with Crippen molar-refractivity contribution in [3.63, 3.8) is 0 Å². The molecule has 72 valence electrons. The average molecular weight is 196 g/mol. The molecule has 5 nitrogen and oxygen atoms in total. The van der Waals surface area contributed by atoms with Gasteiger partial charge < -0.3 is 19.3 Å². The predicted molar refractivity (Wildman–Crippen MR) is 43.6 cm³/mol. The Hall–Kier alpha value is -0.190. The molecule has 0 aromatic heterocycles. The Kier molecular flexibility index (Phi) is 5.37. The fraction of sp³-hybridized carbons (Fsp3) is 0.667. The quantitative estimate of drug-likeness (QED) is 0.283. The summed E-state index contributed by atoms with van der Waals surface area (Å²) < 4.78 is 19.6. The summed E-state index contributed by atoms with van der Waals surface area (Å²) in [6, 6.07) is 0. The standard InChI is InChI=1S/C6H13O5P/c1-6(2)3-10-4-11-5-12(7,8)9/h1,3-5H2,2H3,(H2,7,8,9). The topological polar surface area (TPSA) is 76.0 Å². The lowest BCUT2D eigenvalue weighted by atomic mass is 10.4. The Balaban J connectivity index is 3.23. The maximum Gasteiger partial charge on any atom is 0.351 e. The normalized spacial score (nSPS) is 11.6. The van der Waals surface area contributed by atoms with Crippen LogP contribution in [0.25, 0.3) is 0 Å². The molecule has 0 heterocycles. The molecular weight excluding hydrogens is 183 g/mol. The lowest BCUT2D eigenvalue weighted by Crippen LogP contribution is -2.03. The van der Waals surface area contributed by atoms with E-state index in [2.05, 4.69) is 11.3 Å². The molecule has 0 saturated heterocycles. The smallest absolute Gasteiger partial charge is 0.351 e. The third kappa shape index (κ3) is 9.81. The van der Waals surface area contributed by atoms with Crippen LogP contribution < -0.4 is 0 Å². The van der Waals surface area contributed by atoms with Crippen LogP contribution in [0.4, 0.5) is 0 Å². The molecule has 0 aliphatic rings. The van der Waals surface area contributed by atoms with Crippen molar-refractivity contribution >= 4 is 7.60 Å². The van der Waals surface area contributed by atoms with Gasteiger partial charge in [0.1, 0.15) is 6.79 Å². The molecule has 0 amide bonds. The van der Waals surface area contributed by atoms with Crippen LogP contribution in [0, 0.1) is 0 Å². The van der Waals surface area contributed by atoms with Gasteiger partial charge in [-0.05, 0) is 6.92 Å². The van der Waals surface area contributed by atoms with E-state index < -0.39 is 13.9 Å².